The Morgan fingerprint density at radius 2 is 1.86 bits per heavy atom. The van der Waals surface area contributed by atoms with Crippen LogP contribution in [0, 0.1) is 34.5 Å². The topological polar surface area (TPSA) is 37.3 Å². The van der Waals surface area contributed by atoms with Crippen LogP contribution in [0.1, 0.15) is 65.7 Å². The second-order valence-corrected chi connectivity index (χ2v) is 9.11. The van der Waals surface area contributed by atoms with E-state index in [2.05, 4.69) is 19.9 Å². The fraction of sp³-hybridized carbons (Fsp3) is 0.850. The summed E-state index contributed by atoms with van der Waals surface area (Å²) in [6, 6.07) is 0. The van der Waals surface area contributed by atoms with Crippen LogP contribution in [0.25, 0.3) is 0 Å². The monoisotopic (exact) mass is 302 g/mol. The third-order valence-corrected chi connectivity index (χ3v) is 8.31. The molecule has 122 valence electrons. The highest BCUT2D eigenvalue weighted by Gasteiger charge is 2.59. The van der Waals surface area contributed by atoms with E-state index in [-0.39, 0.29) is 16.9 Å². The Morgan fingerprint density at radius 3 is 2.64 bits per heavy atom. The zero-order valence-corrected chi connectivity index (χ0v) is 14.3. The minimum absolute atomic E-state index is 0.0887. The summed E-state index contributed by atoms with van der Waals surface area (Å²) in [6.07, 6.45) is 10.1. The Balaban J connectivity index is 1.70. The summed E-state index contributed by atoms with van der Waals surface area (Å²) in [4.78, 5) is 12.1. The van der Waals surface area contributed by atoms with Crippen molar-refractivity contribution in [3.05, 3.63) is 11.6 Å². The lowest BCUT2D eigenvalue weighted by molar-refractivity contribution is -0.125. The maximum Gasteiger partial charge on any atom is 0.158 e. The molecule has 0 aromatic heterocycles. The molecule has 4 rings (SSSR count). The molecular formula is C20H30O2. The zero-order valence-electron chi connectivity index (χ0n) is 14.3. The van der Waals surface area contributed by atoms with Gasteiger partial charge in [-0.1, -0.05) is 19.9 Å². The third kappa shape index (κ3) is 1.79. The first-order valence-electron chi connectivity index (χ1n) is 9.27. The van der Waals surface area contributed by atoms with E-state index < -0.39 is 0 Å². The van der Waals surface area contributed by atoms with Crippen molar-refractivity contribution >= 4 is 5.78 Å². The summed E-state index contributed by atoms with van der Waals surface area (Å²) >= 11 is 0. The highest BCUT2D eigenvalue weighted by Crippen LogP contribution is 2.65. The summed E-state index contributed by atoms with van der Waals surface area (Å²) < 4.78 is 0. The minimum Gasteiger partial charge on any atom is -0.393 e. The van der Waals surface area contributed by atoms with E-state index in [1.807, 2.05) is 6.92 Å². The number of hydrogen-bond donors (Lipinski definition) is 1. The molecule has 0 heterocycles. The van der Waals surface area contributed by atoms with Gasteiger partial charge in [0.2, 0.25) is 0 Å². The van der Waals surface area contributed by atoms with Crippen molar-refractivity contribution in [3.8, 4) is 0 Å². The van der Waals surface area contributed by atoms with Crippen LogP contribution >= 0.6 is 0 Å². The van der Waals surface area contributed by atoms with Crippen LogP contribution in [0.15, 0.2) is 11.6 Å². The van der Waals surface area contributed by atoms with Crippen LogP contribution in [0.5, 0.6) is 0 Å². The predicted octanol–water partition coefficient (Wildman–Crippen LogP) is 4.13. The van der Waals surface area contributed by atoms with Gasteiger partial charge < -0.3 is 5.11 Å². The van der Waals surface area contributed by atoms with Crippen molar-refractivity contribution < 1.29 is 9.90 Å². The first-order chi connectivity index (χ1) is 10.4. The molecule has 2 nitrogen and oxygen atoms in total. The normalized spacial score (nSPS) is 54.3. The quantitative estimate of drug-likeness (QED) is 0.730. The van der Waals surface area contributed by atoms with E-state index in [0.717, 1.165) is 30.3 Å². The average Bonchev–Trinajstić information content (AvgIpc) is 2.77. The number of Topliss-reactive ketones (excluding diaryl/α,β-unsaturated/α-hetero) is 1. The van der Waals surface area contributed by atoms with Crippen LogP contribution in [0.4, 0.5) is 0 Å². The first kappa shape index (κ1) is 14.9. The Kier molecular flexibility index (Phi) is 3.18. The van der Waals surface area contributed by atoms with Crippen molar-refractivity contribution in [2.75, 3.05) is 0 Å². The molecule has 22 heavy (non-hydrogen) atoms. The molecule has 7 atom stereocenters. The number of rotatable bonds is 0. The third-order valence-electron chi connectivity index (χ3n) is 8.31. The largest absolute Gasteiger partial charge is 0.393 e. The van der Waals surface area contributed by atoms with Gasteiger partial charge in [-0.25, -0.2) is 0 Å². The van der Waals surface area contributed by atoms with Crippen LogP contribution in [-0.2, 0) is 4.79 Å². The molecule has 3 saturated carbocycles. The predicted molar refractivity (Wildman–Crippen MR) is 87.3 cm³/mol. The molecule has 0 spiro atoms. The maximum absolute atomic E-state index is 12.1. The molecule has 4 aliphatic rings. The molecule has 0 unspecified atom stereocenters. The van der Waals surface area contributed by atoms with E-state index in [9.17, 15) is 9.90 Å². The van der Waals surface area contributed by atoms with Crippen LogP contribution in [-0.4, -0.2) is 17.0 Å². The second-order valence-electron chi connectivity index (χ2n) is 9.11. The first-order valence-corrected chi connectivity index (χ1v) is 9.27. The van der Waals surface area contributed by atoms with E-state index in [1.165, 1.54) is 32.1 Å². The van der Waals surface area contributed by atoms with Crippen LogP contribution < -0.4 is 0 Å². The number of allylic oxidation sites excluding steroid dienone is 2. The standard InChI is InChI=1S/C20H30O2/c1-12-11-20(3)13(10-17(12)21)4-5-14-15-6-7-18(22)19(15,2)9-8-16(14)20/h11,13-16,18,22H,4-10H2,1-3H3/t13-,14+,15+,16-,18+,19-,20-/m0/s1. The van der Waals surface area contributed by atoms with Gasteiger partial charge >= 0.3 is 0 Å². The lowest BCUT2D eigenvalue weighted by Gasteiger charge is -2.58. The molecule has 0 amide bonds. The maximum atomic E-state index is 12.1. The van der Waals surface area contributed by atoms with Gasteiger partial charge in [0.1, 0.15) is 0 Å². The van der Waals surface area contributed by atoms with Gasteiger partial charge in [0, 0.05) is 6.42 Å². The summed E-state index contributed by atoms with van der Waals surface area (Å²) in [5.41, 5.74) is 1.38. The smallest absolute Gasteiger partial charge is 0.158 e. The highest BCUT2D eigenvalue weighted by molar-refractivity contribution is 5.96. The Hall–Kier alpha value is -0.630. The minimum atomic E-state index is -0.0887. The molecule has 4 aliphatic carbocycles. The van der Waals surface area contributed by atoms with E-state index in [1.54, 1.807) is 0 Å². The molecule has 0 bridgehead atoms. The summed E-state index contributed by atoms with van der Waals surface area (Å²) in [7, 11) is 0. The SMILES string of the molecule is CC1=C[C@@]2(C)[C@@H](CC[C@@H]3[C@H]4CC[C@@H](O)[C@@]4(C)CC[C@@H]32)CC1=O. The van der Waals surface area contributed by atoms with Crippen molar-refractivity contribution in [2.24, 2.45) is 34.5 Å². The number of ketones is 1. The van der Waals surface area contributed by atoms with E-state index in [4.69, 9.17) is 0 Å². The van der Waals surface area contributed by atoms with E-state index in [0.29, 0.717) is 17.6 Å². The molecule has 3 fully saturated rings. The number of hydrogen-bond acceptors (Lipinski definition) is 2. The molecule has 2 heteroatoms. The summed E-state index contributed by atoms with van der Waals surface area (Å²) in [5, 5.41) is 10.5. The summed E-state index contributed by atoms with van der Waals surface area (Å²) in [5.74, 6) is 3.11. The number of carbonyl (C=O) groups is 1. The second kappa shape index (κ2) is 4.69. The van der Waals surface area contributed by atoms with Crippen molar-refractivity contribution in [1.29, 1.82) is 0 Å². The molecule has 0 radical (unpaired) electrons. The van der Waals surface area contributed by atoms with Gasteiger partial charge in [-0.3, -0.25) is 4.79 Å². The van der Waals surface area contributed by atoms with E-state index >= 15 is 0 Å². The zero-order chi connectivity index (χ0) is 15.7. The molecular weight excluding hydrogens is 272 g/mol. The van der Waals surface area contributed by atoms with Crippen LogP contribution in [0.2, 0.25) is 0 Å². The Bertz CT molecular complexity index is 536. The average molecular weight is 302 g/mol. The molecule has 0 saturated heterocycles. The summed E-state index contributed by atoms with van der Waals surface area (Å²) in [6.45, 7) is 6.78. The highest BCUT2D eigenvalue weighted by atomic mass is 16.3. The molecule has 0 aromatic carbocycles. The number of fused-ring (bicyclic) bond motifs is 5. The lowest BCUT2D eigenvalue weighted by atomic mass is 9.46. The Labute approximate surface area is 134 Å². The lowest BCUT2D eigenvalue weighted by Crippen LogP contribution is -2.53. The molecule has 0 aromatic rings. The number of aliphatic hydroxyl groups is 1. The van der Waals surface area contributed by atoms with Crippen LogP contribution in [0.3, 0.4) is 0 Å². The molecule has 1 N–H and O–H groups in total. The van der Waals surface area contributed by atoms with Gasteiger partial charge in [0.15, 0.2) is 5.78 Å². The van der Waals surface area contributed by atoms with Gasteiger partial charge in [0.05, 0.1) is 6.10 Å². The van der Waals surface area contributed by atoms with Crippen molar-refractivity contribution in [1.82, 2.24) is 0 Å². The fourth-order valence-electron chi connectivity index (χ4n) is 6.92. The number of aliphatic hydroxyl groups excluding tert-OH is 1. The van der Waals surface area contributed by atoms with Crippen molar-refractivity contribution in [3.63, 3.8) is 0 Å². The Morgan fingerprint density at radius 1 is 1.09 bits per heavy atom. The van der Waals surface area contributed by atoms with Crippen molar-refractivity contribution in [2.45, 2.75) is 71.8 Å². The van der Waals surface area contributed by atoms with Gasteiger partial charge in [-0.2, -0.15) is 0 Å². The molecule has 0 aliphatic heterocycles. The van der Waals surface area contributed by atoms with Gasteiger partial charge in [0.25, 0.3) is 0 Å². The number of carbonyl (C=O) groups excluding carboxylic acids is 1. The fourth-order valence-corrected chi connectivity index (χ4v) is 6.92. The van der Waals surface area contributed by atoms with Gasteiger partial charge in [-0.15, -0.1) is 0 Å². The van der Waals surface area contributed by atoms with Gasteiger partial charge in [-0.05, 0) is 85.5 Å².